The lowest BCUT2D eigenvalue weighted by Crippen LogP contribution is -2.05. The quantitative estimate of drug-likeness (QED) is 0.731. The van der Waals surface area contributed by atoms with E-state index in [-0.39, 0.29) is 5.78 Å². The van der Waals surface area contributed by atoms with Crippen molar-refractivity contribution in [1.29, 1.82) is 5.26 Å². The topological polar surface area (TPSA) is 40.9 Å². The molecule has 0 heterocycles. The molecular weight excluding hydrogens is 210 g/mol. The first kappa shape index (κ1) is 11.1. The van der Waals surface area contributed by atoms with Crippen LogP contribution in [0.2, 0.25) is 0 Å². The van der Waals surface area contributed by atoms with Crippen molar-refractivity contribution in [2.75, 3.05) is 0 Å². The zero-order valence-corrected chi connectivity index (χ0v) is 9.47. The maximum atomic E-state index is 12.3. The van der Waals surface area contributed by atoms with E-state index in [9.17, 15) is 4.79 Å². The molecule has 2 rings (SSSR count). The fourth-order valence-corrected chi connectivity index (χ4v) is 1.75. The van der Waals surface area contributed by atoms with Crippen molar-refractivity contribution >= 4 is 5.78 Å². The Kier molecular flexibility index (Phi) is 3.02. The minimum Gasteiger partial charge on any atom is -0.289 e. The average molecular weight is 221 g/mol. The van der Waals surface area contributed by atoms with Gasteiger partial charge in [0.1, 0.15) is 0 Å². The Morgan fingerprint density at radius 2 is 1.59 bits per heavy atom. The van der Waals surface area contributed by atoms with Gasteiger partial charge in [-0.2, -0.15) is 5.26 Å². The van der Waals surface area contributed by atoms with Crippen LogP contribution in [0.5, 0.6) is 0 Å². The molecule has 0 fully saturated rings. The largest absolute Gasteiger partial charge is 0.289 e. The minimum absolute atomic E-state index is 0.0970. The molecule has 0 amide bonds. The Morgan fingerprint density at radius 3 is 2.24 bits per heavy atom. The maximum Gasteiger partial charge on any atom is 0.194 e. The zero-order chi connectivity index (χ0) is 12.3. The molecule has 0 saturated carbocycles. The molecule has 0 spiro atoms. The van der Waals surface area contributed by atoms with Gasteiger partial charge in [-0.15, -0.1) is 0 Å². The molecule has 0 saturated heterocycles. The molecule has 0 aromatic heterocycles. The number of aryl methyl sites for hydroxylation is 1. The third kappa shape index (κ3) is 2.09. The van der Waals surface area contributed by atoms with E-state index >= 15 is 0 Å². The average Bonchev–Trinajstić information content (AvgIpc) is 2.38. The van der Waals surface area contributed by atoms with E-state index in [0.717, 1.165) is 5.56 Å². The van der Waals surface area contributed by atoms with Crippen molar-refractivity contribution in [3.8, 4) is 6.07 Å². The van der Waals surface area contributed by atoms with Gasteiger partial charge in [0.15, 0.2) is 5.78 Å². The number of hydrogen-bond acceptors (Lipinski definition) is 2. The summed E-state index contributed by atoms with van der Waals surface area (Å²) in [4.78, 5) is 12.3. The lowest BCUT2D eigenvalue weighted by Gasteiger charge is -2.05. The summed E-state index contributed by atoms with van der Waals surface area (Å²) in [5, 5.41) is 8.98. The minimum atomic E-state index is -0.0970. The fraction of sp³-hybridized carbons (Fsp3) is 0.0667. The summed E-state index contributed by atoms with van der Waals surface area (Å²) in [5.41, 5.74) is 2.45. The zero-order valence-electron chi connectivity index (χ0n) is 9.47. The maximum absolute atomic E-state index is 12.3. The lowest BCUT2D eigenvalue weighted by atomic mass is 9.96. The number of benzene rings is 2. The molecule has 0 aliphatic carbocycles. The van der Waals surface area contributed by atoms with Crippen LogP contribution in [0.15, 0.2) is 48.5 Å². The monoisotopic (exact) mass is 221 g/mol. The molecule has 82 valence electrons. The van der Waals surface area contributed by atoms with Crippen molar-refractivity contribution in [2.24, 2.45) is 0 Å². The van der Waals surface area contributed by atoms with Crippen LogP contribution in [0.4, 0.5) is 0 Å². The molecule has 0 aliphatic heterocycles. The predicted octanol–water partition coefficient (Wildman–Crippen LogP) is 3.10. The van der Waals surface area contributed by atoms with E-state index in [1.165, 1.54) is 0 Å². The van der Waals surface area contributed by atoms with E-state index < -0.39 is 0 Å². The highest BCUT2D eigenvalue weighted by Crippen LogP contribution is 2.16. The Labute approximate surface area is 100 Å². The fourth-order valence-electron chi connectivity index (χ4n) is 1.75. The second-order valence-corrected chi connectivity index (χ2v) is 3.80. The summed E-state index contributed by atoms with van der Waals surface area (Å²) in [6.45, 7) is 1.89. The first-order valence-corrected chi connectivity index (χ1v) is 5.33. The number of carbonyl (C=O) groups is 1. The Morgan fingerprint density at radius 1 is 1.00 bits per heavy atom. The first-order valence-electron chi connectivity index (χ1n) is 5.33. The number of nitrogens with zero attached hydrogens (tertiary/aromatic N) is 1. The van der Waals surface area contributed by atoms with Crippen LogP contribution >= 0.6 is 0 Å². The molecule has 2 heteroatoms. The number of carbonyl (C=O) groups excluding carboxylic acids is 1. The van der Waals surface area contributed by atoms with Crippen LogP contribution in [0.1, 0.15) is 27.0 Å². The van der Waals surface area contributed by atoms with Gasteiger partial charge in [0.05, 0.1) is 11.6 Å². The first-order chi connectivity index (χ1) is 8.24. The van der Waals surface area contributed by atoms with Gasteiger partial charge in [0, 0.05) is 11.1 Å². The standard InChI is InChI=1S/C15H11NO/c1-11-6-2-4-8-13(11)15(17)14-9-5-3-7-12(14)10-16/h2-9H,1H3. The molecule has 0 atom stereocenters. The number of ketones is 1. The van der Waals surface area contributed by atoms with Gasteiger partial charge in [-0.05, 0) is 24.6 Å². The second-order valence-electron chi connectivity index (χ2n) is 3.80. The molecule has 0 aliphatic rings. The van der Waals surface area contributed by atoms with Gasteiger partial charge < -0.3 is 0 Å². The Balaban J connectivity index is 2.53. The van der Waals surface area contributed by atoms with Crippen molar-refractivity contribution in [2.45, 2.75) is 6.92 Å². The van der Waals surface area contributed by atoms with Crippen LogP contribution in [-0.4, -0.2) is 5.78 Å². The van der Waals surface area contributed by atoms with E-state index in [1.807, 2.05) is 31.2 Å². The number of nitriles is 1. The molecule has 17 heavy (non-hydrogen) atoms. The summed E-state index contributed by atoms with van der Waals surface area (Å²) < 4.78 is 0. The highest BCUT2D eigenvalue weighted by molar-refractivity contribution is 6.11. The van der Waals surface area contributed by atoms with Gasteiger partial charge >= 0.3 is 0 Å². The highest BCUT2D eigenvalue weighted by atomic mass is 16.1. The Hall–Kier alpha value is -2.40. The van der Waals surface area contributed by atoms with Crippen molar-refractivity contribution in [3.63, 3.8) is 0 Å². The lowest BCUT2D eigenvalue weighted by molar-refractivity contribution is 0.103. The van der Waals surface area contributed by atoms with E-state index in [0.29, 0.717) is 16.7 Å². The molecule has 0 bridgehead atoms. The molecule has 0 radical (unpaired) electrons. The molecule has 0 unspecified atom stereocenters. The molecule has 0 N–H and O–H groups in total. The summed E-state index contributed by atoms with van der Waals surface area (Å²) in [5.74, 6) is -0.0970. The van der Waals surface area contributed by atoms with E-state index in [1.54, 1.807) is 30.3 Å². The SMILES string of the molecule is Cc1ccccc1C(=O)c1ccccc1C#N. The number of rotatable bonds is 2. The van der Waals surface area contributed by atoms with Crippen molar-refractivity contribution in [1.82, 2.24) is 0 Å². The molecular formula is C15H11NO. The van der Waals surface area contributed by atoms with E-state index in [2.05, 4.69) is 0 Å². The van der Waals surface area contributed by atoms with Gasteiger partial charge in [-0.25, -0.2) is 0 Å². The summed E-state index contributed by atoms with van der Waals surface area (Å²) in [6.07, 6.45) is 0. The van der Waals surface area contributed by atoms with Crippen molar-refractivity contribution < 1.29 is 4.79 Å². The predicted molar refractivity (Wildman–Crippen MR) is 65.8 cm³/mol. The van der Waals surface area contributed by atoms with Crippen LogP contribution < -0.4 is 0 Å². The van der Waals surface area contributed by atoms with E-state index in [4.69, 9.17) is 5.26 Å². The van der Waals surface area contributed by atoms with Crippen LogP contribution in [0.25, 0.3) is 0 Å². The summed E-state index contributed by atoms with van der Waals surface area (Å²) >= 11 is 0. The molecule has 2 aromatic rings. The normalized spacial score (nSPS) is 9.65. The Bertz CT molecular complexity index is 608. The third-order valence-electron chi connectivity index (χ3n) is 2.68. The number of hydrogen-bond donors (Lipinski definition) is 0. The van der Waals surface area contributed by atoms with Crippen LogP contribution in [0.3, 0.4) is 0 Å². The van der Waals surface area contributed by atoms with Crippen molar-refractivity contribution in [3.05, 3.63) is 70.8 Å². The van der Waals surface area contributed by atoms with Gasteiger partial charge in [0.2, 0.25) is 0 Å². The van der Waals surface area contributed by atoms with Crippen LogP contribution in [0, 0.1) is 18.3 Å². The second kappa shape index (κ2) is 4.63. The van der Waals surface area contributed by atoms with Crippen LogP contribution in [-0.2, 0) is 0 Å². The summed E-state index contributed by atoms with van der Waals surface area (Å²) in [7, 11) is 0. The summed E-state index contributed by atoms with van der Waals surface area (Å²) in [6, 6.07) is 16.3. The third-order valence-corrected chi connectivity index (χ3v) is 2.68. The van der Waals surface area contributed by atoms with Gasteiger partial charge in [-0.3, -0.25) is 4.79 Å². The van der Waals surface area contributed by atoms with Gasteiger partial charge in [0.25, 0.3) is 0 Å². The van der Waals surface area contributed by atoms with Gasteiger partial charge in [-0.1, -0.05) is 36.4 Å². The molecule has 2 nitrogen and oxygen atoms in total. The molecule has 2 aromatic carbocycles. The highest BCUT2D eigenvalue weighted by Gasteiger charge is 2.14. The smallest absolute Gasteiger partial charge is 0.194 e.